The maximum Gasteiger partial charge on any atom is 0.169 e. The molecule has 0 bridgehead atoms. The fraction of sp³-hybridized carbons (Fsp3) is 0.385. The van der Waals surface area contributed by atoms with Crippen LogP contribution in [0.25, 0.3) is 0 Å². The number of nitrogens with zero attached hydrogens (tertiary/aromatic N) is 3. The molecule has 0 fully saturated rings. The Hall–Kier alpha value is -1.43. The predicted molar refractivity (Wildman–Crippen MR) is 76.3 cm³/mol. The van der Waals surface area contributed by atoms with Crippen molar-refractivity contribution in [2.45, 2.75) is 32.7 Å². The van der Waals surface area contributed by atoms with E-state index in [1.807, 2.05) is 20.8 Å². The number of anilines is 1. The van der Waals surface area contributed by atoms with E-state index in [0.717, 1.165) is 10.2 Å². The van der Waals surface area contributed by atoms with Gasteiger partial charge in [0.15, 0.2) is 5.82 Å². The molecular weight excluding hydrogens is 311 g/mol. The van der Waals surface area contributed by atoms with E-state index in [9.17, 15) is 4.39 Å². The van der Waals surface area contributed by atoms with Crippen LogP contribution in [-0.2, 0) is 12.0 Å². The van der Waals surface area contributed by atoms with Crippen molar-refractivity contribution in [1.82, 2.24) is 15.0 Å². The molecule has 4 nitrogen and oxygen atoms in total. The van der Waals surface area contributed by atoms with Crippen molar-refractivity contribution in [3.05, 3.63) is 39.7 Å². The van der Waals surface area contributed by atoms with Crippen molar-refractivity contribution in [2.24, 2.45) is 0 Å². The van der Waals surface area contributed by atoms with Crippen LogP contribution < -0.4 is 5.73 Å². The molecule has 2 aromatic rings. The fourth-order valence-electron chi connectivity index (χ4n) is 2.03. The average Bonchev–Trinajstić information content (AvgIpc) is 2.64. The molecule has 6 heteroatoms. The minimum Gasteiger partial charge on any atom is -0.381 e. The lowest BCUT2D eigenvalue weighted by atomic mass is 9.91. The highest BCUT2D eigenvalue weighted by atomic mass is 79.9. The molecule has 0 aliphatic carbocycles. The van der Waals surface area contributed by atoms with E-state index in [0.29, 0.717) is 17.9 Å². The van der Waals surface area contributed by atoms with E-state index in [1.165, 1.54) is 6.07 Å². The van der Waals surface area contributed by atoms with Crippen LogP contribution in [0.15, 0.2) is 22.7 Å². The van der Waals surface area contributed by atoms with Crippen molar-refractivity contribution in [1.29, 1.82) is 0 Å². The molecule has 19 heavy (non-hydrogen) atoms. The quantitative estimate of drug-likeness (QED) is 0.922. The van der Waals surface area contributed by atoms with E-state index in [-0.39, 0.29) is 11.2 Å². The zero-order chi connectivity index (χ0) is 14.2. The third kappa shape index (κ3) is 2.94. The van der Waals surface area contributed by atoms with Crippen LogP contribution in [-0.4, -0.2) is 15.0 Å². The summed E-state index contributed by atoms with van der Waals surface area (Å²) in [5, 5.41) is 7.90. The standard InChI is InChI=1S/C13H16BrFN4/c1-13(2,3)11-12(16)17-18-19(11)7-8-6-9(14)4-5-10(8)15/h4-6H,7,16H2,1-3H3. The molecule has 0 aliphatic heterocycles. The average molecular weight is 327 g/mol. The highest BCUT2D eigenvalue weighted by Gasteiger charge is 2.24. The van der Waals surface area contributed by atoms with Gasteiger partial charge in [0.2, 0.25) is 0 Å². The fourth-order valence-corrected chi connectivity index (χ4v) is 2.44. The summed E-state index contributed by atoms with van der Waals surface area (Å²) < 4.78 is 16.3. The van der Waals surface area contributed by atoms with Crippen LogP contribution in [0.5, 0.6) is 0 Å². The third-order valence-corrected chi connectivity index (χ3v) is 3.29. The first-order valence-corrected chi connectivity index (χ1v) is 6.71. The number of nitrogens with two attached hydrogens (primary N) is 1. The summed E-state index contributed by atoms with van der Waals surface area (Å²) in [6, 6.07) is 4.83. The molecule has 0 spiro atoms. The molecular formula is C13H16BrFN4. The van der Waals surface area contributed by atoms with Gasteiger partial charge in [0.05, 0.1) is 12.2 Å². The van der Waals surface area contributed by atoms with Gasteiger partial charge in [0.1, 0.15) is 5.82 Å². The van der Waals surface area contributed by atoms with E-state index >= 15 is 0 Å². The Morgan fingerprint density at radius 1 is 1.37 bits per heavy atom. The second-order valence-corrected chi connectivity index (χ2v) is 6.38. The Kier molecular flexibility index (Phi) is 3.62. The molecule has 2 N–H and O–H groups in total. The Balaban J connectivity index is 2.42. The zero-order valence-corrected chi connectivity index (χ0v) is 12.7. The molecule has 1 aromatic heterocycles. The van der Waals surface area contributed by atoms with Crippen LogP contribution in [0.2, 0.25) is 0 Å². The summed E-state index contributed by atoms with van der Waals surface area (Å²) >= 11 is 3.34. The van der Waals surface area contributed by atoms with Crippen LogP contribution in [0.3, 0.4) is 0 Å². The molecule has 0 radical (unpaired) electrons. The lowest BCUT2D eigenvalue weighted by molar-refractivity contribution is 0.494. The second kappa shape index (κ2) is 4.92. The van der Waals surface area contributed by atoms with Gasteiger partial charge in [-0.3, -0.25) is 0 Å². The smallest absolute Gasteiger partial charge is 0.169 e. The molecule has 0 amide bonds. The van der Waals surface area contributed by atoms with E-state index in [1.54, 1.807) is 16.8 Å². The monoisotopic (exact) mass is 326 g/mol. The van der Waals surface area contributed by atoms with Gasteiger partial charge >= 0.3 is 0 Å². The molecule has 0 unspecified atom stereocenters. The lowest BCUT2D eigenvalue weighted by Gasteiger charge is -2.20. The molecule has 2 rings (SSSR count). The number of aromatic nitrogens is 3. The van der Waals surface area contributed by atoms with Crippen molar-refractivity contribution < 1.29 is 4.39 Å². The number of rotatable bonds is 2. The van der Waals surface area contributed by atoms with E-state index in [2.05, 4.69) is 26.2 Å². The molecule has 1 aromatic carbocycles. The summed E-state index contributed by atoms with van der Waals surface area (Å²) in [7, 11) is 0. The summed E-state index contributed by atoms with van der Waals surface area (Å²) in [4.78, 5) is 0. The van der Waals surface area contributed by atoms with Gasteiger partial charge in [-0.1, -0.05) is 41.9 Å². The summed E-state index contributed by atoms with van der Waals surface area (Å²) in [6.45, 7) is 6.38. The number of nitrogen functional groups attached to an aromatic ring is 1. The Bertz CT molecular complexity index is 601. The minimum absolute atomic E-state index is 0.198. The minimum atomic E-state index is -0.267. The van der Waals surface area contributed by atoms with Gasteiger partial charge in [-0.2, -0.15) is 0 Å². The SMILES string of the molecule is CC(C)(C)c1c(N)nnn1Cc1cc(Br)ccc1F. The van der Waals surface area contributed by atoms with Gasteiger partial charge in [0.25, 0.3) is 0 Å². The summed E-state index contributed by atoms with van der Waals surface area (Å²) in [5.41, 5.74) is 7.01. The number of benzene rings is 1. The van der Waals surface area contributed by atoms with E-state index in [4.69, 9.17) is 5.73 Å². The first kappa shape index (κ1) is 14.0. The highest BCUT2D eigenvalue weighted by Crippen LogP contribution is 2.27. The first-order chi connectivity index (χ1) is 8.79. The largest absolute Gasteiger partial charge is 0.381 e. The van der Waals surface area contributed by atoms with Crippen LogP contribution in [0, 0.1) is 5.82 Å². The number of hydrogen-bond acceptors (Lipinski definition) is 3. The van der Waals surface area contributed by atoms with Crippen LogP contribution in [0.1, 0.15) is 32.0 Å². The van der Waals surface area contributed by atoms with Gasteiger partial charge in [0, 0.05) is 15.5 Å². The zero-order valence-electron chi connectivity index (χ0n) is 11.1. The molecule has 0 atom stereocenters. The van der Waals surface area contributed by atoms with Crippen molar-refractivity contribution in [3.63, 3.8) is 0 Å². The first-order valence-electron chi connectivity index (χ1n) is 5.92. The molecule has 0 aliphatic rings. The van der Waals surface area contributed by atoms with Crippen LogP contribution >= 0.6 is 15.9 Å². The normalized spacial score (nSPS) is 11.8. The Morgan fingerprint density at radius 2 is 2.05 bits per heavy atom. The van der Waals surface area contributed by atoms with E-state index < -0.39 is 0 Å². The van der Waals surface area contributed by atoms with Crippen molar-refractivity contribution in [3.8, 4) is 0 Å². The topological polar surface area (TPSA) is 56.7 Å². The molecule has 1 heterocycles. The van der Waals surface area contributed by atoms with Crippen LogP contribution in [0.4, 0.5) is 10.2 Å². The number of hydrogen-bond donors (Lipinski definition) is 1. The third-order valence-electron chi connectivity index (χ3n) is 2.80. The molecule has 0 saturated heterocycles. The lowest BCUT2D eigenvalue weighted by Crippen LogP contribution is -2.20. The molecule has 102 valence electrons. The summed E-state index contributed by atoms with van der Waals surface area (Å²) in [5.74, 6) is 0.125. The van der Waals surface area contributed by atoms with Crippen molar-refractivity contribution in [2.75, 3.05) is 5.73 Å². The summed E-state index contributed by atoms with van der Waals surface area (Å²) in [6.07, 6.45) is 0. The second-order valence-electron chi connectivity index (χ2n) is 5.47. The number of halogens is 2. The van der Waals surface area contributed by atoms with Gasteiger partial charge in [-0.05, 0) is 18.2 Å². The van der Waals surface area contributed by atoms with Crippen molar-refractivity contribution >= 4 is 21.7 Å². The Morgan fingerprint density at radius 3 is 2.68 bits per heavy atom. The Labute approximate surface area is 119 Å². The molecule has 0 saturated carbocycles. The van der Waals surface area contributed by atoms with Gasteiger partial charge in [-0.25, -0.2) is 9.07 Å². The highest BCUT2D eigenvalue weighted by molar-refractivity contribution is 9.10. The predicted octanol–water partition coefficient (Wildman–Crippen LogP) is 3.11. The maximum atomic E-state index is 13.8. The van der Waals surface area contributed by atoms with Gasteiger partial charge < -0.3 is 5.73 Å². The maximum absolute atomic E-state index is 13.8. The van der Waals surface area contributed by atoms with Gasteiger partial charge in [-0.15, -0.1) is 5.10 Å².